The molecule has 1 aliphatic heterocycles. The largest absolute Gasteiger partial charge is 0.425 e. The molecule has 0 bridgehead atoms. The van der Waals surface area contributed by atoms with Crippen molar-refractivity contribution in [3.63, 3.8) is 0 Å². The molecule has 1 aliphatic carbocycles. The van der Waals surface area contributed by atoms with E-state index in [1.54, 1.807) is 6.07 Å². The highest BCUT2D eigenvalue weighted by Gasteiger charge is 2.55. The zero-order valence-electron chi connectivity index (χ0n) is 11.1. The van der Waals surface area contributed by atoms with Crippen molar-refractivity contribution in [3.8, 4) is 5.75 Å². The Morgan fingerprint density at radius 1 is 1.37 bits per heavy atom. The summed E-state index contributed by atoms with van der Waals surface area (Å²) in [6.07, 6.45) is 3.19. The van der Waals surface area contributed by atoms with E-state index in [4.69, 9.17) is 4.74 Å². The van der Waals surface area contributed by atoms with Crippen LogP contribution in [-0.4, -0.2) is 11.8 Å². The van der Waals surface area contributed by atoms with E-state index in [0.717, 1.165) is 12.0 Å². The van der Waals surface area contributed by atoms with Gasteiger partial charge in [0.15, 0.2) is 0 Å². The number of fused-ring (bicyclic) bond motifs is 3. The highest BCUT2D eigenvalue weighted by Crippen LogP contribution is 2.53. The Labute approximate surface area is 112 Å². The zero-order chi connectivity index (χ0) is 13.6. The van der Waals surface area contributed by atoms with Gasteiger partial charge in [0.1, 0.15) is 16.9 Å². The van der Waals surface area contributed by atoms with E-state index in [1.807, 2.05) is 31.2 Å². The minimum absolute atomic E-state index is 0.0903. The van der Waals surface area contributed by atoms with Gasteiger partial charge in [-0.1, -0.05) is 29.8 Å². The molecule has 0 aromatic heterocycles. The van der Waals surface area contributed by atoms with Crippen molar-refractivity contribution >= 4 is 11.8 Å². The van der Waals surface area contributed by atoms with E-state index in [-0.39, 0.29) is 11.7 Å². The first-order chi connectivity index (χ1) is 9.05. The average Bonchev–Trinajstić information content (AvgIpc) is 2.38. The van der Waals surface area contributed by atoms with Crippen LogP contribution in [0.4, 0.5) is 0 Å². The Kier molecular flexibility index (Phi) is 2.59. The van der Waals surface area contributed by atoms with Gasteiger partial charge >= 0.3 is 5.97 Å². The fraction of sp³-hybridized carbons (Fsp3) is 0.375. The van der Waals surface area contributed by atoms with Crippen LogP contribution in [0.2, 0.25) is 0 Å². The Hall–Kier alpha value is -1.90. The summed E-state index contributed by atoms with van der Waals surface area (Å²) in [5, 5.41) is 0. The lowest BCUT2D eigenvalue weighted by atomic mass is 9.61. The van der Waals surface area contributed by atoms with Crippen LogP contribution in [0.15, 0.2) is 35.9 Å². The summed E-state index contributed by atoms with van der Waals surface area (Å²) < 4.78 is 5.41. The minimum Gasteiger partial charge on any atom is -0.425 e. The fourth-order valence-corrected chi connectivity index (χ4v) is 3.24. The van der Waals surface area contributed by atoms with Crippen LogP contribution in [0.1, 0.15) is 38.2 Å². The van der Waals surface area contributed by atoms with Crippen molar-refractivity contribution in [2.75, 3.05) is 0 Å². The van der Waals surface area contributed by atoms with Crippen molar-refractivity contribution in [2.45, 2.75) is 32.6 Å². The van der Waals surface area contributed by atoms with E-state index < -0.39 is 11.4 Å². The first kappa shape index (κ1) is 12.2. The molecule has 1 aromatic rings. The Morgan fingerprint density at radius 2 is 2.11 bits per heavy atom. The lowest BCUT2D eigenvalue weighted by Crippen LogP contribution is -2.49. The van der Waals surface area contributed by atoms with Crippen molar-refractivity contribution in [1.29, 1.82) is 0 Å². The van der Waals surface area contributed by atoms with E-state index in [1.165, 1.54) is 12.5 Å². The Balaban J connectivity index is 2.22. The Morgan fingerprint density at radius 3 is 2.84 bits per heavy atom. The number of carbonyl (C=O) groups excluding carboxylic acids is 2. The van der Waals surface area contributed by atoms with E-state index >= 15 is 0 Å². The van der Waals surface area contributed by atoms with Crippen LogP contribution in [0.3, 0.4) is 0 Å². The van der Waals surface area contributed by atoms with Crippen LogP contribution < -0.4 is 4.74 Å². The van der Waals surface area contributed by atoms with Crippen LogP contribution in [0.5, 0.6) is 5.75 Å². The molecule has 0 saturated carbocycles. The third-order valence-corrected chi connectivity index (χ3v) is 4.38. The number of allylic oxidation sites excluding steroid dienone is 2. The molecule has 98 valence electrons. The predicted octanol–water partition coefficient (Wildman–Crippen LogP) is 3.00. The van der Waals surface area contributed by atoms with Crippen molar-refractivity contribution in [1.82, 2.24) is 0 Å². The second kappa shape index (κ2) is 4.05. The van der Waals surface area contributed by atoms with Crippen LogP contribution >= 0.6 is 0 Å². The molecule has 0 amide bonds. The number of ketones is 1. The molecule has 1 aromatic carbocycles. The van der Waals surface area contributed by atoms with E-state index in [9.17, 15) is 9.59 Å². The molecule has 0 spiro atoms. The van der Waals surface area contributed by atoms with Gasteiger partial charge in [-0.2, -0.15) is 0 Å². The second-order valence-corrected chi connectivity index (χ2v) is 5.47. The number of Topliss-reactive ketones (excluding diaryl/α,β-unsaturated/α-hetero) is 1. The molecule has 19 heavy (non-hydrogen) atoms. The molecule has 3 heteroatoms. The van der Waals surface area contributed by atoms with E-state index in [0.29, 0.717) is 12.2 Å². The molecular formula is C16H16O3. The maximum Gasteiger partial charge on any atom is 0.325 e. The van der Waals surface area contributed by atoms with Crippen LogP contribution in [0.25, 0.3) is 0 Å². The van der Waals surface area contributed by atoms with Gasteiger partial charge in [-0.25, -0.2) is 0 Å². The maximum absolute atomic E-state index is 12.4. The third-order valence-electron chi connectivity index (χ3n) is 4.38. The molecule has 0 N–H and O–H groups in total. The maximum atomic E-state index is 12.4. The molecular weight excluding hydrogens is 240 g/mol. The summed E-state index contributed by atoms with van der Waals surface area (Å²) in [7, 11) is 0. The number of ether oxygens (including phenoxy) is 1. The zero-order valence-corrected chi connectivity index (χ0v) is 11.1. The minimum atomic E-state index is -1.02. The lowest BCUT2D eigenvalue weighted by molar-refractivity contribution is -0.155. The molecule has 0 unspecified atom stereocenters. The fourth-order valence-electron chi connectivity index (χ4n) is 3.24. The standard InChI is InChI=1S/C16H16O3/c1-10-7-8-16(11(2)17)13(9-10)12-5-3-4-6-14(12)19-15(16)18/h3-7,13H,8-9H2,1-2H3/t13-,16+/m0/s1. The molecule has 2 aliphatic rings. The molecule has 0 saturated heterocycles. The van der Waals surface area contributed by atoms with Gasteiger partial charge in [0.25, 0.3) is 0 Å². The van der Waals surface area contributed by atoms with Gasteiger partial charge in [0.05, 0.1) is 0 Å². The summed E-state index contributed by atoms with van der Waals surface area (Å²) in [6, 6.07) is 7.53. The first-order valence-corrected chi connectivity index (χ1v) is 6.53. The van der Waals surface area contributed by atoms with Crippen molar-refractivity contribution in [3.05, 3.63) is 41.5 Å². The summed E-state index contributed by atoms with van der Waals surface area (Å²) >= 11 is 0. The highest BCUT2D eigenvalue weighted by molar-refractivity contribution is 6.06. The van der Waals surface area contributed by atoms with Crippen molar-refractivity contribution in [2.24, 2.45) is 5.41 Å². The topological polar surface area (TPSA) is 43.4 Å². The number of benzene rings is 1. The molecule has 3 rings (SSSR count). The average molecular weight is 256 g/mol. The molecule has 0 radical (unpaired) electrons. The van der Waals surface area contributed by atoms with Crippen LogP contribution in [-0.2, 0) is 9.59 Å². The summed E-state index contributed by atoms with van der Waals surface area (Å²) in [4.78, 5) is 24.5. The highest BCUT2D eigenvalue weighted by atomic mass is 16.5. The normalized spacial score (nSPS) is 28.8. The lowest BCUT2D eigenvalue weighted by Gasteiger charge is -2.43. The smallest absolute Gasteiger partial charge is 0.325 e. The quantitative estimate of drug-likeness (QED) is 0.336. The number of rotatable bonds is 1. The van der Waals surface area contributed by atoms with Crippen LogP contribution in [0, 0.1) is 5.41 Å². The number of para-hydroxylation sites is 1. The van der Waals surface area contributed by atoms with Gasteiger partial charge in [-0.15, -0.1) is 0 Å². The van der Waals surface area contributed by atoms with Gasteiger partial charge in [0, 0.05) is 5.92 Å². The number of hydrogen-bond donors (Lipinski definition) is 0. The summed E-state index contributed by atoms with van der Waals surface area (Å²) in [5.41, 5.74) is 1.18. The van der Waals surface area contributed by atoms with Gasteiger partial charge in [-0.3, -0.25) is 9.59 Å². The first-order valence-electron chi connectivity index (χ1n) is 6.53. The number of hydrogen-bond acceptors (Lipinski definition) is 3. The number of carbonyl (C=O) groups is 2. The van der Waals surface area contributed by atoms with Crippen molar-refractivity contribution < 1.29 is 14.3 Å². The third kappa shape index (κ3) is 1.57. The number of esters is 1. The molecule has 1 heterocycles. The van der Waals surface area contributed by atoms with Gasteiger partial charge in [0.2, 0.25) is 0 Å². The summed E-state index contributed by atoms with van der Waals surface area (Å²) in [6.45, 7) is 3.54. The SMILES string of the molecule is CC(=O)[C@]12CC=C(C)C[C@H]1c1ccccc1OC2=O. The molecule has 0 fully saturated rings. The van der Waals surface area contributed by atoms with Gasteiger partial charge in [-0.05, 0) is 38.3 Å². The van der Waals surface area contributed by atoms with Gasteiger partial charge < -0.3 is 4.74 Å². The monoisotopic (exact) mass is 256 g/mol. The second-order valence-electron chi connectivity index (χ2n) is 5.47. The molecule has 2 atom stereocenters. The molecule has 3 nitrogen and oxygen atoms in total. The predicted molar refractivity (Wildman–Crippen MR) is 70.9 cm³/mol. The Bertz CT molecular complexity index is 600. The summed E-state index contributed by atoms with van der Waals surface area (Å²) in [5.74, 6) is 0.0183. The van der Waals surface area contributed by atoms with E-state index in [2.05, 4.69) is 0 Å².